The van der Waals surface area contributed by atoms with Gasteiger partial charge >= 0.3 is 0 Å². The summed E-state index contributed by atoms with van der Waals surface area (Å²) in [6.07, 6.45) is 4.41. The van der Waals surface area contributed by atoms with Crippen molar-refractivity contribution in [2.75, 3.05) is 43.1 Å². The van der Waals surface area contributed by atoms with Crippen molar-refractivity contribution in [1.82, 2.24) is 10.6 Å². The van der Waals surface area contributed by atoms with Gasteiger partial charge < -0.3 is 19.9 Å². The number of ether oxygens (including phenoxy) is 1. The summed E-state index contributed by atoms with van der Waals surface area (Å²) < 4.78 is 6.04. The number of fused-ring (bicyclic) bond motifs is 1. The molecule has 3 heterocycles. The predicted molar refractivity (Wildman–Crippen MR) is 116 cm³/mol. The maximum absolute atomic E-state index is 12.3. The summed E-state index contributed by atoms with van der Waals surface area (Å²) in [7, 11) is 2.02. The highest BCUT2D eigenvalue weighted by molar-refractivity contribution is 6.02. The van der Waals surface area contributed by atoms with Crippen molar-refractivity contribution >= 4 is 23.2 Å². The third kappa shape index (κ3) is 4.83. The molecule has 2 saturated heterocycles. The van der Waals surface area contributed by atoms with Crippen LogP contribution in [0.25, 0.3) is 0 Å². The summed E-state index contributed by atoms with van der Waals surface area (Å²) in [5.41, 5.74) is 2.06. The number of imide groups is 1. The molecule has 0 bridgehead atoms. The van der Waals surface area contributed by atoms with Crippen LogP contribution in [0.2, 0.25) is 0 Å². The third-order valence-corrected chi connectivity index (χ3v) is 5.69. The van der Waals surface area contributed by atoms with Crippen molar-refractivity contribution in [3.05, 3.63) is 18.2 Å². The van der Waals surface area contributed by atoms with Gasteiger partial charge in [0.25, 0.3) is 0 Å². The van der Waals surface area contributed by atoms with Gasteiger partial charge in [-0.05, 0) is 38.4 Å². The first kappa shape index (κ1) is 21.4. The van der Waals surface area contributed by atoms with Crippen LogP contribution >= 0.6 is 0 Å². The van der Waals surface area contributed by atoms with Gasteiger partial charge in [-0.3, -0.25) is 14.9 Å². The van der Waals surface area contributed by atoms with Crippen LogP contribution in [0.4, 0.5) is 11.4 Å². The lowest BCUT2D eigenvalue weighted by Crippen LogP contribution is -2.54. The van der Waals surface area contributed by atoms with Gasteiger partial charge in [0.05, 0.1) is 17.9 Å². The predicted octanol–water partition coefficient (Wildman–Crippen LogP) is 2.30. The van der Waals surface area contributed by atoms with E-state index in [1.54, 1.807) is 0 Å². The topological polar surface area (TPSA) is 73.9 Å². The van der Waals surface area contributed by atoms with Gasteiger partial charge in [0.1, 0.15) is 12.6 Å². The Morgan fingerprint density at radius 1 is 1.10 bits per heavy atom. The highest BCUT2D eigenvalue weighted by Crippen LogP contribution is 2.42. The Kier molecular flexibility index (Phi) is 7.36. The van der Waals surface area contributed by atoms with Gasteiger partial charge in [0.2, 0.25) is 11.8 Å². The second kappa shape index (κ2) is 9.96. The average molecular weight is 403 g/mol. The molecule has 0 aromatic heterocycles. The number of nitrogens with zero attached hydrogens (tertiary/aromatic N) is 2. The lowest BCUT2D eigenvalue weighted by Gasteiger charge is -2.40. The Labute approximate surface area is 173 Å². The number of rotatable bonds is 3. The quantitative estimate of drug-likeness (QED) is 0.756. The average Bonchev–Trinajstić information content (AvgIpc) is 2.74. The minimum atomic E-state index is -0.305. The standard InChI is InChI=1S/C19H26N4O3.C3H8/c1-20-13-7-9-22(10-8-13)14-3-2-4-15-18(14)26-12-11-23(15)16-5-6-17(24)21-19(16)25;1-3-2/h2-4,13,16,20H,5-12H2,1H3,(H,21,24,25);3H2,1-2H3. The molecule has 3 aliphatic rings. The van der Waals surface area contributed by atoms with Crippen LogP contribution in [0.3, 0.4) is 0 Å². The van der Waals surface area contributed by atoms with Gasteiger partial charge in [-0.15, -0.1) is 0 Å². The first-order valence-corrected chi connectivity index (χ1v) is 10.9. The molecule has 29 heavy (non-hydrogen) atoms. The summed E-state index contributed by atoms with van der Waals surface area (Å²) >= 11 is 0. The molecule has 1 aromatic rings. The number of hydrogen-bond donors (Lipinski definition) is 2. The largest absolute Gasteiger partial charge is 0.487 e. The Hall–Kier alpha value is -2.28. The number of amides is 2. The zero-order chi connectivity index (χ0) is 20.8. The van der Waals surface area contributed by atoms with Crippen LogP contribution in [0.15, 0.2) is 18.2 Å². The Morgan fingerprint density at radius 2 is 1.79 bits per heavy atom. The fraction of sp³-hybridized carbons (Fsp3) is 0.636. The number of carbonyl (C=O) groups is 2. The second-order valence-corrected chi connectivity index (χ2v) is 7.89. The number of benzene rings is 1. The van der Waals surface area contributed by atoms with E-state index in [0.717, 1.165) is 43.1 Å². The molecule has 2 N–H and O–H groups in total. The molecule has 160 valence electrons. The van der Waals surface area contributed by atoms with Crippen LogP contribution in [0, 0.1) is 0 Å². The van der Waals surface area contributed by atoms with E-state index in [-0.39, 0.29) is 17.9 Å². The molecule has 1 atom stereocenters. The third-order valence-electron chi connectivity index (χ3n) is 5.69. The van der Waals surface area contributed by atoms with E-state index < -0.39 is 0 Å². The minimum absolute atomic E-state index is 0.180. The number of carbonyl (C=O) groups excluding carboxylic acids is 2. The molecule has 0 aliphatic carbocycles. The van der Waals surface area contributed by atoms with Gasteiger partial charge in [-0.2, -0.15) is 0 Å². The van der Waals surface area contributed by atoms with Crippen molar-refractivity contribution in [2.24, 2.45) is 0 Å². The Bertz CT molecular complexity index is 716. The van der Waals surface area contributed by atoms with Crippen LogP contribution in [0.5, 0.6) is 5.75 Å². The molecule has 0 spiro atoms. The maximum atomic E-state index is 12.3. The first-order valence-electron chi connectivity index (χ1n) is 10.9. The van der Waals surface area contributed by atoms with Gasteiger partial charge in [-0.25, -0.2) is 0 Å². The lowest BCUT2D eigenvalue weighted by molar-refractivity contribution is -0.134. The van der Waals surface area contributed by atoms with E-state index in [2.05, 4.69) is 40.3 Å². The van der Waals surface area contributed by atoms with Gasteiger partial charge in [-0.1, -0.05) is 26.3 Å². The SMILES string of the molecule is CCC.CNC1CCN(c2cccc3c2OCCN3C2CCC(=O)NC2=O)CC1. The van der Waals surface area contributed by atoms with Crippen LogP contribution in [-0.2, 0) is 9.59 Å². The molecule has 3 aliphatic heterocycles. The van der Waals surface area contributed by atoms with Crippen molar-refractivity contribution in [3.63, 3.8) is 0 Å². The molecule has 2 amide bonds. The minimum Gasteiger partial charge on any atom is -0.487 e. The van der Waals surface area contributed by atoms with Gasteiger partial charge in [0.15, 0.2) is 5.75 Å². The monoisotopic (exact) mass is 402 g/mol. The molecule has 2 fully saturated rings. The number of nitrogens with one attached hydrogen (secondary N) is 2. The number of anilines is 2. The zero-order valence-electron chi connectivity index (χ0n) is 17.9. The Morgan fingerprint density at radius 3 is 2.45 bits per heavy atom. The highest BCUT2D eigenvalue weighted by atomic mass is 16.5. The Balaban J connectivity index is 0.000000755. The molecule has 0 radical (unpaired) electrons. The summed E-state index contributed by atoms with van der Waals surface area (Å²) in [5, 5.41) is 5.83. The molecule has 1 aromatic carbocycles. The first-order chi connectivity index (χ1) is 14.1. The fourth-order valence-corrected chi connectivity index (χ4v) is 4.21. The normalized spacial score (nSPS) is 22.2. The van der Waals surface area contributed by atoms with E-state index in [9.17, 15) is 9.59 Å². The summed E-state index contributed by atoms with van der Waals surface area (Å²) in [6, 6.07) is 6.42. The number of para-hydroxylation sites is 1. The second-order valence-electron chi connectivity index (χ2n) is 7.89. The molecule has 7 heteroatoms. The van der Waals surface area contributed by atoms with Crippen molar-refractivity contribution in [3.8, 4) is 5.75 Å². The maximum Gasteiger partial charge on any atom is 0.249 e. The van der Waals surface area contributed by atoms with E-state index in [4.69, 9.17) is 4.74 Å². The molecule has 4 rings (SSSR count). The van der Waals surface area contributed by atoms with Crippen LogP contribution in [0.1, 0.15) is 46.0 Å². The van der Waals surface area contributed by atoms with E-state index in [0.29, 0.717) is 32.0 Å². The van der Waals surface area contributed by atoms with E-state index >= 15 is 0 Å². The molecule has 0 saturated carbocycles. The molecular formula is C22H34N4O3. The molecule has 7 nitrogen and oxygen atoms in total. The van der Waals surface area contributed by atoms with Crippen molar-refractivity contribution in [1.29, 1.82) is 0 Å². The van der Waals surface area contributed by atoms with Crippen molar-refractivity contribution in [2.45, 2.75) is 58.0 Å². The van der Waals surface area contributed by atoms with E-state index in [1.807, 2.05) is 19.2 Å². The summed E-state index contributed by atoms with van der Waals surface area (Å²) in [6.45, 7) is 7.44. The molecular weight excluding hydrogens is 368 g/mol. The van der Waals surface area contributed by atoms with Crippen molar-refractivity contribution < 1.29 is 14.3 Å². The summed E-state index contributed by atoms with van der Waals surface area (Å²) in [4.78, 5) is 28.3. The molecule has 1 unspecified atom stereocenters. The highest BCUT2D eigenvalue weighted by Gasteiger charge is 2.35. The smallest absolute Gasteiger partial charge is 0.249 e. The van der Waals surface area contributed by atoms with Crippen LogP contribution in [-0.4, -0.2) is 57.2 Å². The van der Waals surface area contributed by atoms with Gasteiger partial charge in [0, 0.05) is 25.6 Å². The van der Waals surface area contributed by atoms with E-state index in [1.165, 1.54) is 6.42 Å². The zero-order valence-corrected chi connectivity index (χ0v) is 17.9. The fourth-order valence-electron chi connectivity index (χ4n) is 4.21. The summed E-state index contributed by atoms with van der Waals surface area (Å²) in [5.74, 6) is 0.488. The lowest BCUT2D eigenvalue weighted by atomic mass is 10.0. The van der Waals surface area contributed by atoms with Crippen LogP contribution < -0.4 is 25.2 Å². The number of piperidine rings is 2. The number of hydrogen-bond acceptors (Lipinski definition) is 6.